The van der Waals surface area contributed by atoms with Gasteiger partial charge in [0.05, 0.1) is 19.3 Å². The second kappa shape index (κ2) is 3.08. The quantitative estimate of drug-likeness (QED) is 0.526. The van der Waals surface area contributed by atoms with Crippen molar-refractivity contribution in [2.75, 3.05) is 13.2 Å². The highest BCUT2D eigenvalue weighted by Gasteiger charge is 2.41. The third kappa shape index (κ3) is 1.34. The van der Waals surface area contributed by atoms with Gasteiger partial charge in [-0.25, -0.2) is 0 Å². The highest BCUT2D eigenvalue weighted by Crippen LogP contribution is 2.21. The molecule has 0 saturated carbocycles. The Morgan fingerprint density at radius 1 is 1.23 bits per heavy atom. The van der Waals surface area contributed by atoms with Crippen molar-refractivity contribution in [1.29, 1.82) is 0 Å². The monoisotopic (exact) mass is 185 g/mol. The molecule has 0 radical (unpaired) electrons. The zero-order chi connectivity index (χ0) is 9.42. The van der Waals surface area contributed by atoms with Crippen LogP contribution >= 0.6 is 0 Å². The first-order valence-corrected chi connectivity index (χ1v) is 4.31. The molecular weight excluding hydrogens is 174 g/mol. The normalized spacial score (nSPS) is 34.7. The van der Waals surface area contributed by atoms with Crippen LogP contribution in [-0.2, 0) is 14.3 Å². The standard InChI is InChI=1S/C8H11NO4/c10-6-4-13-3-5(6)9-7(11)1-2-8(9)12/h5-6,10H,1-4H2/t5-,6-/m1/s1. The van der Waals surface area contributed by atoms with E-state index in [0.717, 1.165) is 4.90 Å². The minimum atomic E-state index is -0.717. The zero-order valence-electron chi connectivity index (χ0n) is 7.10. The Hall–Kier alpha value is -0.940. The van der Waals surface area contributed by atoms with Gasteiger partial charge < -0.3 is 9.84 Å². The first-order chi connectivity index (χ1) is 6.20. The summed E-state index contributed by atoms with van der Waals surface area (Å²) in [5, 5.41) is 9.41. The van der Waals surface area contributed by atoms with Crippen LogP contribution in [0.2, 0.25) is 0 Å². The van der Waals surface area contributed by atoms with Crippen molar-refractivity contribution in [2.24, 2.45) is 0 Å². The Labute approximate surface area is 75.3 Å². The van der Waals surface area contributed by atoms with Crippen LogP contribution in [-0.4, -0.2) is 47.2 Å². The van der Waals surface area contributed by atoms with E-state index in [2.05, 4.69) is 0 Å². The Balaban J connectivity index is 2.14. The van der Waals surface area contributed by atoms with Gasteiger partial charge in [0.25, 0.3) is 0 Å². The molecule has 0 bridgehead atoms. The summed E-state index contributed by atoms with van der Waals surface area (Å²) in [6.45, 7) is 0.473. The van der Waals surface area contributed by atoms with Gasteiger partial charge in [0.2, 0.25) is 11.8 Å². The molecule has 0 aromatic carbocycles. The summed E-state index contributed by atoms with van der Waals surface area (Å²) in [4.78, 5) is 23.7. The summed E-state index contributed by atoms with van der Waals surface area (Å²) in [6, 6.07) is -0.456. The van der Waals surface area contributed by atoms with Gasteiger partial charge in [0.15, 0.2) is 0 Å². The number of likely N-dealkylation sites (tertiary alicyclic amines) is 1. The minimum Gasteiger partial charge on any atom is -0.388 e. The molecule has 2 rings (SSSR count). The van der Waals surface area contributed by atoms with Gasteiger partial charge in [-0.3, -0.25) is 14.5 Å². The van der Waals surface area contributed by atoms with Crippen molar-refractivity contribution in [1.82, 2.24) is 4.90 Å². The van der Waals surface area contributed by atoms with Crippen molar-refractivity contribution >= 4 is 11.8 Å². The molecule has 2 aliphatic rings. The highest BCUT2D eigenvalue weighted by molar-refractivity contribution is 6.02. The third-order valence-corrected chi connectivity index (χ3v) is 2.44. The summed E-state index contributed by atoms with van der Waals surface area (Å²) in [5.74, 6) is -0.390. The summed E-state index contributed by atoms with van der Waals surface area (Å²) >= 11 is 0. The molecular formula is C8H11NO4. The van der Waals surface area contributed by atoms with Crippen LogP contribution in [0.1, 0.15) is 12.8 Å². The molecule has 72 valence electrons. The molecule has 0 aliphatic carbocycles. The van der Waals surface area contributed by atoms with Crippen molar-refractivity contribution in [3.8, 4) is 0 Å². The maximum absolute atomic E-state index is 11.3. The van der Waals surface area contributed by atoms with E-state index >= 15 is 0 Å². The summed E-state index contributed by atoms with van der Waals surface area (Å²) in [7, 11) is 0. The number of carbonyl (C=O) groups excluding carboxylic acids is 2. The van der Waals surface area contributed by atoms with Crippen LogP contribution in [0.5, 0.6) is 0 Å². The smallest absolute Gasteiger partial charge is 0.230 e. The fourth-order valence-corrected chi connectivity index (χ4v) is 1.74. The van der Waals surface area contributed by atoms with Crippen LogP contribution < -0.4 is 0 Å². The Bertz CT molecular complexity index is 237. The van der Waals surface area contributed by atoms with E-state index in [4.69, 9.17) is 4.74 Å². The number of ether oxygens (including phenoxy) is 1. The molecule has 1 N–H and O–H groups in total. The number of amides is 2. The van der Waals surface area contributed by atoms with Gasteiger partial charge in [0.1, 0.15) is 6.10 Å². The number of hydrogen-bond donors (Lipinski definition) is 1. The molecule has 0 spiro atoms. The SMILES string of the molecule is O=C1CCC(=O)N1[C@@H]1COC[C@H]1O. The first kappa shape index (κ1) is 8.65. The lowest BCUT2D eigenvalue weighted by molar-refractivity contribution is -0.142. The van der Waals surface area contributed by atoms with Gasteiger partial charge in [-0.15, -0.1) is 0 Å². The minimum absolute atomic E-state index is 0.195. The lowest BCUT2D eigenvalue weighted by Gasteiger charge is -2.22. The van der Waals surface area contributed by atoms with Gasteiger partial charge in [-0.1, -0.05) is 0 Å². The maximum Gasteiger partial charge on any atom is 0.230 e. The topological polar surface area (TPSA) is 66.8 Å². The number of rotatable bonds is 1. The summed E-state index contributed by atoms with van der Waals surface area (Å²) in [6.07, 6.45) is -0.185. The molecule has 2 aliphatic heterocycles. The average Bonchev–Trinajstić information content (AvgIpc) is 2.60. The van der Waals surface area contributed by atoms with Crippen LogP contribution in [0.25, 0.3) is 0 Å². The number of aliphatic hydroxyl groups is 1. The van der Waals surface area contributed by atoms with Crippen LogP contribution in [0, 0.1) is 0 Å². The molecule has 5 nitrogen and oxygen atoms in total. The van der Waals surface area contributed by atoms with Crippen LogP contribution in [0.3, 0.4) is 0 Å². The molecule has 2 heterocycles. The number of nitrogens with zero attached hydrogens (tertiary/aromatic N) is 1. The van der Waals surface area contributed by atoms with Gasteiger partial charge in [-0.05, 0) is 0 Å². The largest absolute Gasteiger partial charge is 0.388 e. The average molecular weight is 185 g/mol. The summed E-state index contributed by atoms with van der Waals surface area (Å²) in [5.41, 5.74) is 0. The second-order valence-corrected chi connectivity index (χ2v) is 3.33. The van der Waals surface area contributed by atoms with Gasteiger partial charge in [-0.2, -0.15) is 0 Å². The molecule has 13 heavy (non-hydrogen) atoms. The third-order valence-electron chi connectivity index (χ3n) is 2.44. The predicted molar refractivity (Wildman–Crippen MR) is 41.7 cm³/mol. The van der Waals surface area contributed by atoms with Crippen LogP contribution in [0.15, 0.2) is 0 Å². The van der Waals surface area contributed by atoms with Crippen LogP contribution in [0.4, 0.5) is 0 Å². The molecule has 0 aromatic heterocycles. The lowest BCUT2D eigenvalue weighted by Crippen LogP contribution is -2.45. The van der Waals surface area contributed by atoms with Crippen molar-refractivity contribution in [2.45, 2.75) is 25.0 Å². The Kier molecular flexibility index (Phi) is 2.05. The molecule has 2 atom stereocenters. The lowest BCUT2D eigenvalue weighted by atomic mass is 10.2. The van der Waals surface area contributed by atoms with Gasteiger partial charge in [0, 0.05) is 12.8 Å². The first-order valence-electron chi connectivity index (χ1n) is 4.31. The van der Waals surface area contributed by atoms with E-state index in [1.165, 1.54) is 0 Å². The molecule has 5 heteroatoms. The van der Waals surface area contributed by atoms with Gasteiger partial charge >= 0.3 is 0 Å². The fourth-order valence-electron chi connectivity index (χ4n) is 1.74. The maximum atomic E-state index is 11.3. The zero-order valence-corrected chi connectivity index (χ0v) is 7.10. The van der Waals surface area contributed by atoms with E-state index in [-0.39, 0.29) is 37.9 Å². The molecule has 0 unspecified atom stereocenters. The number of carbonyl (C=O) groups is 2. The number of imide groups is 1. The van der Waals surface area contributed by atoms with E-state index in [1.54, 1.807) is 0 Å². The van der Waals surface area contributed by atoms with E-state index in [0.29, 0.717) is 0 Å². The van der Waals surface area contributed by atoms with Crippen molar-refractivity contribution < 1.29 is 19.4 Å². The molecule has 2 saturated heterocycles. The van der Waals surface area contributed by atoms with E-state index in [1.807, 2.05) is 0 Å². The number of hydrogen-bond acceptors (Lipinski definition) is 4. The van der Waals surface area contributed by atoms with E-state index < -0.39 is 12.1 Å². The molecule has 0 aromatic rings. The Morgan fingerprint density at radius 3 is 2.31 bits per heavy atom. The predicted octanol–water partition coefficient (Wildman–Crippen LogP) is -1.10. The number of aliphatic hydroxyl groups excluding tert-OH is 1. The second-order valence-electron chi connectivity index (χ2n) is 3.33. The fraction of sp³-hybridized carbons (Fsp3) is 0.750. The molecule has 2 amide bonds. The van der Waals surface area contributed by atoms with Crippen molar-refractivity contribution in [3.05, 3.63) is 0 Å². The Morgan fingerprint density at radius 2 is 1.85 bits per heavy atom. The van der Waals surface area contributed by atoms with E-state index in [9.17, 15) is 14.7 Å². The van der Waals surface area contributed by atoms with Crippen molar-refractivity contribution in [3.63, 3.8) is 0 Å². The highest BCUT2D eigenvalue weighted by atomic mass is 16.5. The summed E-state index contributed by atoms with van der Waals surface area (Å²) < 4.78 is 4.98. The molecule has 2 fully saturated rings.